The van der Waals surface area contributed by atoms with Crippen LogP contribution in [0.4, 0.5) is 0 Å². The standard InChI is InChI=1S/C9H11NO5S/c1-15-8-4-2-3-7(10-8)5-16(13,14)6-9(11)12/h2-4H,5-6H2,1H3,(H,11,12). The van der Waals surface area contributed by atoms with Gasteiger partial charge in [0.1, 0.15) is 5.75 Å². The molecule has 0 bridgehead atoms. The van der Waals surface area contributed by atoms with E-state index in [1.54, 1.807) is 12.1 Å². The van der Waals surface area contributed by atoms with Crippen molar-refractivity contribution >= 4 is 15.8 Å². The molecule has 6 nitrogen and oxygen atoms in total. The van der Waals surface area contributed by atoms with E-state index in [1.807, 2.05) is 0 Å². The summed E-state index contributed by atoms with van der Waals surface area (Å²) >= 11 is 0. The summed E-state index contributed by atoms with van der Waals surface area (Å²) in [5.41, 5.74) is 0.264. The Morgan fingerprint density at radius 3 is 2.75 bits per heavy atom. The third-order valence-corrected chi connectivity index (χ3v) is 3.12. The molecule has 0 saturated heterocycles. The Labute approximate surface area is 92.8 Å². The Hall–Kier alpha value is -1.63. The fourth-order valence-corrected chi connectivity index (χ4v) is 2.21. The maximum absolute atomic E-state index is 11.3. The lowest BCUT2D eigenvalue weighted by molar-refractivity contribution is -0.134. The molecule has 7 heteroatoms. The van der Waals surface area contributed by atoms with Crippen molar-refractivity contribution in [1.82, 2.24) is 4.98 Å². The monoisotopic (exact) mass is 245 g/mol. The highest BCUT2D eigenvalue weighted by Crippen LogP contribution is 2.09. The van der Waals surface area contributed by atoms with E-state index in [1.165, 1.54) is 13.2 Å². The predicted molar refractivity (Wildman–Crippen MR) is 55.9 cm³/mol. The number of rotatable bonds is 5. The van der Waals surface area contributed by atoms with Crippen molar-refractivity contribution in [2.75, 3.05) is 12.9 Å². The van der Waals surface area contributed by atoms with Crippen LogP contribution in [0.1, 0.15) is 5.69 Å². The van der Waals surface area contributed by atoms with Gasteiger partial charge in [-0.1, -0.05) is 6.07 Å². The second-order valence-corrected chi connectivity index (χ2v) is 5.16. The molecule has 0 aliphatic heterocycles. The normalized spacial score (nSPS) is 11.1. The van der Waals surface area contributed by atoms with E-state index in [4.69, 9.17) is 9.84 Å². The Morgan fingerprint density at radius 1 is 1.50 bits per heavy atom. The third kappa shape index (κ3) is 3.85. The molecule has 1 rings (SSSR count). The smallest absolute Gasteiger partial charge is 0.318 e. The van der Waals surface area contributed by atoms with Gasteiger partial charge in [-0.2, -0.15) is 0 Å². The second-order valence-electron chi connectivity index (χ2n) is 3.10. The topological polar surface area (TPSA) is 93.6 Å². The Bertz CT molecular complexity index is 482. The summed E-state index contributed by atoms with van der Waals surface area (Å²) in [6, 6.07) is 4.67. The molecular formula is C9H11NO5S. The zero-order valence-corrected chi connectivity index (χ0v) is 9.40. The van der Waals surface area contributed by atoms with Crippen molar-refractivity contribution in [1.29, 1.82) is 0 Å². The number of methoxy groups -OCH3 is 1. The number of pyridine rings is 1. The molecule has 1 N–H and O–H groups in total. The largest absolute Gasteiger partial charge is 0.481 e. The van der Waals surface area contributed by atoms with Gasteiger partial charge in [-0.05, 0) is 6.07 Å². The number of nitrogens with zero attached hydrogens (tertiary/aromatic N) is 1. The number of aliphatic carboxylic acids is 1. The van der Waals surface area contributed by atoms with Crippen molar-refractivity contribution in [2.24, 2.45) is 0 Å². The molecule has 0 aliphatic carbocycles. The van der Waals surface area contributed by atoms with Gasteiger partial charge in [-0.15, -0.1) is 0 Å². The highest BCUT2D eigenvalue weighted by atomic mass is 32.2. The van der Waals surface area contributed by atoms with E-state index in [9.17, 15) is 13.2 Å². The molecule has 0 saturated carbocycles. The maximum atomic E-state index is 11.3. The first-order valence-electron chi connectivity index (χ1n) is 4.35. The first-order valence-corrected chi connectivity index (χ1v) is 6.17. The summed E-state index contributed by atoms with van der Waals surface area (Å²) in [4.78, 5) is 14.2. The number of carboxylic acids is 1. The molecule has 0 atom stereocenters. The second kappa shape index (κ2) is 4.93. The lowest BCUT2D eigenvalue weighted by Crippen LogP contribution is -2.17. The molecule has 0 unspecified atom stereocenters. The Morgan fingerprint density at radius 2 is 2.19 bits per heavy atom. The summed E-state index contributed by atoms with van der Waals surface area (Å²) in [5.74, 6) is -2.38. The SMILES string of the molecule is COc1cccc(CS(=O)(=O)CC(=O)O)n1. The molecule has 1 aromatic heterocycles. The van der Waals surface area contributed by atoms with Gasteiger partial charge in [0.25, 0.3) is 0 Å². The van der Waals surface area contributed by atoms with Crippen LogP contribution in [0.2, 0.25) is 0 Å². The van der Waals surface area contributed by atoms with Crippen molar-refractivity contribution in [2.45, 2.75) is 5.75 Å². The highest BCUT2D eigenvalue weighted by Gasteiger charge is 2.17. The van der Waals surface area contributed by atoms with Crippen molar-refractivity contribution in [3.63, 3.8) is 0 Å². The number of sulfone groups is 1. The van der Waals surface area contributed by atoms with Gasteiger partial charge >= 0.3 is 5.97 Å². The summed E-state index contributed by atoms with van der Waals surface area (Å²) in [6.07, 6.45) is 0. The number of aromatic nitrogens is 1. The molecule has 0 aliphatic rings. The Balaban J connectivity index is 2.83. The van der Waals surface area contributed by atoms with E-state index in [0.717, 1.165) is 0 Å². The average molecular weight is 245 g/mol. The van der Waals surface area contributed by atoms with Crippen LogP contribution < -0.4 is 4.74 Å². The number of ether oxygens (including phenoxy) is 1. The van der Waals surface area contributed by atoms with E-state index < -0.39 is 27.3 Å². The Kier molecular flexibility index (Phi) is 3.83. The minimum Gasteiger partial charge on any atom is -0.481 e. The minimum atomic E-state index is -3.68. The van der Waals surface area contributed by atoms with Gasteiger partial charge in [-0.25, -0.2) is 13.4 Å². The van der Waals surface area contributed by atoms with Crippen LogP contribution in [0.25, 0.3) is 0 Å². The van der Waals surface area contributed by atoms with Crippen LogP contribution in [0, 0.1) is 0 Å². The fraction of sp³-hybridized carbons (Fsp3) is 0.333. The van der Waals surface area contributed by atoms with Crippen LogP contribution in [0.3, 0.4) is 0 Å². The van der Waals surface area contributed by atoms with Gasteiger partial charge in [0, 0.05) is 6.07 Å². The number of hydrogen-bond acceptors (Lipinski definition) is 5. The number of hydrogen-bond donors (Lipinski definition) is 1. The lowest BCUT2D eigenvalue weighted by atomic mass is 10.4. The average Bonchev–Trinajstić information content (AvgIpc) is 2.15. The maximum Gasteiger partial charge on any atom is 0.318 e. The quantitative estimate of drug-likeness (QED) is 0.790. The zero-order chi connectivity index (χ0) is 12.2. The lowest BCUT2D eigenvalue weighted by Gasteiger charge is -2.03. The first-order chi connectivity index (χ1) is 7.43. The van der Waals surface area contributed by atoms with Crippen LogP contribution >= 0.6 is 0 Å². The van der Waals surface area contributed by atoms with Gasteiger partial charge in [-0.3, -0.25) is 4.79 Å². The molecule has 0 spiro atoms. The van der Waals surface area contributed by atoms with Crippen LogP contribution in [0.15, 0.2) is 18.2 Å². The molecule has 0 aromatic carbocycles. The van der Waals surface area contributed by atoms with Crippen LogP contribution in [-0.4, -0.2) is 37.3 Å². The van der Waals surface area contributed by atoms with Crippen LogP contribution in [-0.2, 0) is 20.4 Å². The highest BCUT2D eigenvalue weighted by molar-refractivity contribution is 7.91. The summed E-state index contributed by atoms with van der Waals surface area (Å²) in [6.45, 7) is 0. The van der Waals surface area contributed by atoms with Gasteiger partial charge < -0.3 is 9.84 Å². The van der Waals surface area contributed by atoms with E-state index >= 15 is 0 Å². The zero-order valence-electron chi connectivity index (χ0n) is 8.58. The number of carbonyl (C=O) groups is 1. The summed E-state index contributed by atoms with van der Waals surface area (Å²) < 4.78 is 27.5. The summed E-state index contributed by atoms with van der Waals surface area (Å²) in [7, 11) is -2.26. The molecule has 1 aromatic rings. The molecular weight excluding hydrogens is 234 g/mol. The molecule has 88 valence electrons. The van der Waals surface area contributed by atoms with Gasteiger partial charge in [0.05, 0.1) is 18.6 Å². The minimum absolute atomic E-state index is 0.264. The molecule has 16 heavy (non-hydrogen) atoms. The molecule has 0 amide bonds. The predicted octanol–water partition coefficient (Wildman–Crippen LogP) is 0.0896. The molecule has 1 heterocycles. The van der Waals surface area contributed by atoms with Crippen molar-refractivity contribution < 1.29 is 23.1 Å². The van der Waals surface area contributed by atoms with Gasteiger partial charge in [0.15, 0.2) is 9.84 Å². The van der Waals surface area contributed by atoms with Crippen molar-refractivity contribution in [3.05, 3.63) is 23.9 Å². The van der Waals surface area contributed by atoms with Gasteiger partial charge in [0.2, 0.25) is 5.88 Å². The van der Waals surface area contributed by atoms with E-state index in [0.29, 0.717) is 5.88 Å². The fourth-order valence-electron chi connectivity index (χ4n) is 1.12. The summed E-state index contributed by atoms with van der Waals surface area (Å²) in [5, 5.41) is 8.40. The third-order valence-electron chi connectivity index (χ3n) is 1.70. The van der Waals surface area contributed by atoms with Crippen molar-refractivity contribution in [3.8, 4) is 5.88 Å². The molecule has 0 radical (unpaired) electrons. The van der Waals surface area contributed by atoms with Crippen LogP contribution in [0.5, 0.6) is 5.88 Å². The number of carboxylic acid groups (broad SMARTS) is 1. The van der Waals surface area contributed by atoms with E-state index in [-0.39, 0.29) is 5.69 Å². The first kappa shape index (κ1) is 12.4. The molecule has 0 fully saturated rings. The van der Waals surface area contributed by atoms with E-state index in [2.05, 4.69) is 4.98 Å².